The van der Waals surface area contributed by atoms with Gasteiger partial charge in [-0.2, -0.15) is 0 Å². The maximum absolute atomic E-state index is 13.8. The number of anilines is 2. The number of amides is 2. The minimum atomic E-state index is -1.30. The van der Waals surface area contributed by atoms with Crippen molar-refractivity contribution in [2.24, 2.45) is 0 Å². The van der Waals surface area contributed by atoms with Gasteiger partial charge in [0, 0.05) is 23.5 Å². The SMILES string of the molecule is CN(C)[C@@H](CN1C(=O)c2ccccc2N[C@@]12C(=O)Nc1ccccc12)c1ccccc1. The summed E-state index contributed by atoms with van der Waals surface area (Å²) in [4.78, 5) is 31.1. The first-order valence-electron chi connectivity index (χ1n) is 10.3. The van der Waals surface area contributed by atoms with E-state index in [2.05, 4.69) is 27.7 Å². The number of likely N-dealkylation sites (N-methyl/N-ethyl adjacent to an activating group) is 1. The van der Waals surface area contributed by atoms with E-state index in [9.17, 15) is 9.59 Å². The Morgan fingerprint density at radius 3 is 2.26 bits per heavy atom. The molecule has 0 saturated carbocycles. The Kier molecular flexibility index (Phi) is 4.52. The number of rotatable bonds is 4. The number of para-hydroxylation sites is 2. The number of fused-ring (bicyclic) bond motifs is 3. The van der Waals surface area contributed by atoms with E-state index < -0.39 is 5.66 Å². The maximum atomic E-state index is 13.8. The molecule has 0 saturated heterocycles. The Bertz CT molecular complexity index is 1160. The predicted molar refractivity (Wildman–Crippen MR) is 121 cm³/mol. The Hall–Kier alpha value is -3.64. The number of carbonyl (C=O) groups excluding carboxylic acids is 2. The topological polar surface area (TPSA) is 64.7 Å². The Morgan fingerprint density at radius 1 is 0.871 bits per heavy atom. The molecule has 0 fully saturated rings. The zero-order valence-electron chi connectivity index (χ0n) is 17.5. The molecule has 1 spiro atoms. The van der Waals surface area contributed by atoms with Crippen molar-refractivity contribution in [1.29, 1.82) is 0 Å². The fraction of sp³-hybridized carbons (Fsp3) is 0.200. The first-order chi connectivity index (χ1) is 15.0. The molecule has 5 rings (SSSR count). The molecule has 31 heavy (non-hydrogen) atoms. The van der Waals surface area contributed by atoms with Crippen LogP contribution in [-0.4, -0.2) is 42.3 Å². The van der Waals surface area contributed by atoms with Crippen LogP contribution in [0.2, 0.25) is 0 Å². The van der Waals surface area contributed by atoms with Crippen LogP contribution in [0.1, 0.15) is 27.5 Å². The molecule has 0 unspecified atom stereocenters. The molecule has 3 aromatic rings. The maximum Gasteiger partial charge on any atom is 0.276 e. The molecule has 2 aliphatic heterocycles. The summed E-state index contributed by atoms with van der Waals surface area (Å²) in [7, 11) is 3.98. The number of hydrogen-bond donors (Lipinski definition) is 2. The van der Waals surface area contributed by atoms with E-state index in [1.165, 1.54) is 0 Å². The van der Waals surface area contributed by atoms with Gasteiger partial charge >= 0.3 is 0 Å². The van der Waals surface area contributed by atoms with Crippen molar-refractivity contribution in [2.75, 3.05) is 31.3 Å². The van der Waals surface area contributed by atoms with E-state index in [4.69, 9.17) is 0 Å². The third-order valence-corrected chi connectivity index (χ3v) is 6.18. The van der Waals surface area contributed by atoms with E-state index in [1.54, 1.807) is 11.0 Å². The molecule has 0 bridgehead atoms. The predicted octanol–water partition coefficient (Wildman–Crippen LogP) is 3.66. The number of hydrogen-bond acceptors (Lipinski definition) is 4. The van der Waals surface area contributed by atoms with E-state index >= 15 is 0 Å². The van der Waals surface area contributed by atoms with Gasteiger partial charge in [0.1, 0.15) is 0 Å². The molecule has 2 N–H and O–H groups in total. The van der Waals surface area contributed by atoms with Gasteiger partial charge in [-0.05, 0) is 37.9 Å². The van der Waals surface area contributed by atoms with Crippen molar-refractivity contribution in [3.8, 4) is 0 Å². The molecule has 6 nitrogen and oxygen atoms in total. The van der Waals surface area contributed by atoms with Gasteiger partial charge in [0.05, 0.1) is 11.6 Å². The standard InChI is InChI=1S/C25H24N4O2/c1-28(2)22(17-10-4-3-5-11-17)16-29-23(30)18-12-6-8-14-20(18)27-25(29)19-13-7-9-15-21(19)26-24(25)31/h3-15,22,27H,16H2,1-2H3,(H,26,31)/t22-,25+/m0/s1. The van der Waals surface area contributed by atoms with Gasteiger partial charge < -0.3 is 20.4 Å². The molecule has 2 heterocycles. The normalized spacial score (nSPS) is 20.3. The lowest BCUT2D eigenvalue weighted by atomic mass is 9.91. The molecule has 2 aliphatic rings. The summed E-state index contributed by atoms with van der Waals surface area (Å²) >= 11 is 0. The Morgan fingerprint density at radius 2 is 1.52 bits per heavy atom. The third kappa shape index (κ3) is 2.91. The van der Waals surface area contributed by atoms with Gasteiger partial charge in [-0.1, -0.05) is 60.7 Å². The van der Waals surface area contributed by atoms with Crippen molar-refractivity contribution in [3.63, 3.8) is 0 Å². The monoisotopic (exact) mass is 412 g/mol. The number of benzene rings is 3. The largest absolute Gasteiger partial charge is 0.350 e. The number of nitrogens with one attached hydrogen (secondary N) is 2. The molecule has 2 amide bonds. The van der Waals surface area contributed by atoms with Gasteiger partial charge in [0.15, 0.2) is 0 Å². The minimum Gasteiger partial charge on any atom is -0.350 e. The highest BCUT2D eigenvalue weighted by Crippen LogP contribution is 2.46. The fourth-order valence-electron chi connectivity index (χ4n) is 4.61. The van der Waals surface area contributed by atoms with Crippen molar-refractivity contribution >= 4 is 23.2 Å². The number of nitrogens with zero attached hydrogens (tertiary/aromatic N) is 2. The zero-order valence-corrected chi connectivity index (χ0v) is 17.5. The van der Waals surface area contributed by atoms with Crippen LogP contribution in [0.25, 0.3) is 0 Å². The van der Waals surface area contributed by atoms with Crippen LogP contribution in [-0.2, 0) is 10.5 Å². The lowest BCUT2D eigenvalue weighted by Gasteiger charge is -2.46. The summed E-state index contributed by atoms with van der Waals surface area (Å²) < 4.78 is 0. The highest BCUT2D eigenvalue weighted by molar-refractivity contribution is 6.14. The summed E-state index contributed by atoms with van der Waals surface area (Å²) in [5.41, 5.74) is 2.49. The van der Waals surface area contributed by atoms with Crippen LogP contribution in [0.4, 0.5) is 11.4 Å². The van der Waals surface area contributed by atoms with Gasteiger partial charge in [0.2, 0.25) is 5.66 Å². The van der Waals surface area contributed by atoms with Gasteiger partial charge in [0.25, 0.3) is 11.8 Å². The zero-order chi connectivity index (χ0) is 21.6. The van der Waals surface area contributed by atoms with Crippen molar-refractivity contribution in [1.82, 2.24) is 9.80 Å². The molecule has 3 aromatic carbocycles. The van der Waals surface area contributed by atoms with E-state index in [-0.39, 0.29) is 17.9 Å². The Labute approximate surface area is 181 Å². The molecular formula is C25H24N4O2. The van der Waals surface area contributed by atoms with E-state index in [0.29, 0.717) is 17.8 Å². The highest BCUT2D eigenvalue weighted by atomic mass is 16.2. The third-order valence-electron chi connectivity index (χ3n) is 6.18. The van der Waals surface area contributed by atoms with Gasteiger partial charge in [-0.25, -0.2) is 0 Å². The van der Waals surface area contributed by atoms with Crippen molar-refractivity contribution in [3.05, 3.63) is 95.6 Å². The van der Waals surface area contributed by atoms with Crippen molar-refractivity contribution < 1.29 is 9.59 Å². The lowest BCUT2D eigenvalue weighted by Crippen LogP contribution is -2.62. The first-order valence-corrected chi connectivity index (χ1v) is 10.3. The molecule has 0 aromatic heterocycles. The summed E-state index contributed by atoms with van der Waals surface area (Å²) in [6.45, 7) is 0.346. The summed E-state index contributed by atoms with van der Waals surface area (Å²) in [5.74, 6) is -0.411. The summed E-state index contributed by atoms with van der Waals surface area (Å²) in [6.07, 6.45) is 0. The Balaban J connectivity index is 1.68. The second-order valence-corrected chi connectivity index (χ2v) is 8.19. The van der Waals surface area contributed by atoms with Gasteiger partial charge in [-0.15, -0.1) is 0 Å². The van der Waals surface area contributed by atoms with Crippen LogP contribution in [0.3, 0.4) is 0 Å². The van der Waals surface area contributed by atoms with Crippen LogP contribution in [0.5, 0.6) is 0 Å². The first kappa shape index (κ1) is 19.3. The van der Waals surface area contributed by atoms with Crippen molar-refractivity contribution in [2.45, 2.75) is 11.7 Å². The smallest absolute Gasteiger partial charge is 0.276 e. The fourth-order valence-corrected chi connectivity index (χ4v) is 4.61. The average molecular weight is 412 g/mol. The summed E-state index contributed by atoms with van der Waals surface area (Å²) in [5, 5.41) is 6.40. The van der Waals surface area contributed by atoms with Crippen LogP contribution in [0.15, 0.2) is 78.9 Å². The van der Waals surface area contributed by atoms with Gasteiger partial charge in [-0.3, -0.25) is 9.59 Å². The quantitative estimate of drug-likeness (QED) is 0.686. The van der Waals surface area contributed by atoms with Crippen LogP contribution < -0.4 is 10.6 Å². The number of carbonyl (C=O) groups is 2. The molecule has 0 radical (unpaired) electrons. The highest BCUT2D eigenvalue weighted by Gasteiger charge is 2.56. The van der Waals surface area contributed by atoms with E-state index in [0.717, 1.165) is 16.8 Å². The lowest BCUT2D eigenvalue weighted by molar-refractivity contribution is -0.125. The van der Waals surface area contributed by atoms with Crippen LogP contribution in [0, 0.1) is 0 Å². The molecule has 0 aliphatic carbocycles. The molecule has 2 atom stereocenters. The molecule has 6 heteroatoms. The second-order valence-electron chi connectivity index (χ2n) is 8.19. The minimum absolute atomic E-state index is 0.0883. The second kappa shape index (κ2) is 7.25. The molecular weight excluding hydrogens is 388 g/mol. The summed E-state index contributed by atoms with van der Waals surface area (Å²) in [6, 6.07) is 24.9. The van der Waals surface area contributed by atoms with Crippen LogP contribution >= 0.6 is 0 Å². The molecule has 156 valence electrons. The average Bonchev–Trinajstić information content (AvgIpc) is 3.06. The van der Waals surface area contributed by atoms with E-state index in [1.807, 2.05) is 74.8 Å².